The first kappa shape index (κ1) is 9.67. The van der Waals surface area contributed by atoms with Crippen LogP contribution < -0.4 is 5.73 Å². The Labute approximate surface area is 76.7 Å². The summed E-state index contributed by atoms with van der Waals surface area (Å²) in [6.07, 6.45) is 1.81. The van der Waals surface area contributed by atoms with Gasteiger partial charge >= 0.3 is 5.97 Å². The number of pyridine rings is 1. The van der Waals surface area contributed by atoms with Crippen molar-refractivity contribution in [1.29, 1.82) is 0 Å². The molecule has 4 heteroatoms. The lowest BCUT2D eigenvalue weighted by atomic mass is 10.1. The maximum atomic E-state index is 10.9. The molecule has 0 spiro atoms. The molecule has 1 aromatic heterocycles. The summed E-state index contributed by atoms with van der Waals surface area (Å²) in [6, 6.07) is 5.04. The quantitative estimate of drug-likeness (QED) is 0.693. The van der Waals surface area contributed by atoms with Crippen molar-refractivity contribution in [3.8, 4) is 0 Å². The van der Waals surface area contributed by atoms with Gasteiger partial charge in [-0.15, -0.1) is 0 Å². The maximum Gasteiger partial charge on any atom is 0.307 e. The third-order valence-electron chi connectivity index (χ3n) is 1.68. The highest BCUT2D eigenvalue weighted by atomic mass is 16.5. The predicted molar refractivity (Wildman–Crippen MR) is 47.8 cm³/mol. The van der Waals surface area contributed by atoms with E-state index >= 15 is 0 Å². The Morgan fingerprint density at radius 3 is 3.00 bits per heavy atom. The zero-order valence-corrected chi connectivity index (χ0v) is 7.43. The molecule has 0 aliphatic carbocycles. The Morgan fingerprint density at radius 2 is 2.46 bits per heavy atom. The highest BCUT2D eigenvalue weighted by Crippen LogP contribution is 2.10. The molecule has 0 bridgehead atoms. The Hall–Kier alpha value is -1.42. The number of hydrogen-bond donors (Lipinski definition) is 1. The number of nitrogens with two attached hydrogens (primary N) is 1. The number of hydrogen-bond acceptors (Lipinski definition) is 4. The van der Waals surface area contributed by atoms with Crippen molar-refractivity contribution in [2.24, 2.45) is 5.73 Å². The third-order valence-corrected chi connectivity index (χ3v) is 1.68. The zero-order valence-electron chi connectivity index (χ0n) is 7.43. The van der Waals surface area contributed by atoms with Gasteiger partial charge in [0.05, 0.1) is 25.3 Å². The molecule has 0 amide bonds. The fraction of sp³-hybridized carbons (Fsp3) is 0.333. The van der Waals surface area contributed by atoms with E-state index in [1.807, 2.05) is 6.07 Å². The molecule has 0 unspecified atom stereocenters. The van der Waals surface area contributed by atoms with Crippen molar-refractivity contribution < 1.29 is 9.53 Å². The van der Waals surface area contributed by atoms with Gasteiger partial charge in [-0.05, 0) is 12.1 Å². The summed E-state index contributed by atoms with van der Waals surface area (Å²) in [6.45, 7) is 0. The minimum atomic E-state index is -0.381. The van der Waals surface area contributed by atoms with Gasteiger partial charge < -0.3 is 10.5 Å². The van der Waals surface area contributed by atoms with Crippen molar-refractivity contribution in [2.75, 3.05) is 7.11 Å². The van der Waals surface area contributed by atoms with E-state index in [4.69, 9.17) is 5.73 Å². The first-order chi connectivity index (χ1) is 6.24. The van der Waals surface area contributed by atoms with E-state index in [2.05, 4.69) is 9.72 Å². The number of methoxy groups -OCH3 is 1. The molecule has 2 N–H and O–H groups in total. The Morgan fingerprint density at radius 1 is 1.69 bits per heavy atom. The largest absolute Gasteiger partial charge is 0.469 e. The molecule has 0 fully saturated rings. The molecular formula is C9H12N2O2. The molecule has 70 valence electrons. The summed E-state index contributed by atoms with van der Waals surface area (Å²) < 4.78 is 4.50. The number of carbonyl (C=O) groups is 1. The van der Waals surface area contributed by atoms with Crippen LogP contribution in [-0.4, -0.2) is 18.1 Å². The smallest absolute Gasteiger partial charge is 0.307 e. The van der Waals surface area contributed by atoms with Crippen LogP contribution >= 0.6 is 0 Å². The number of ether oxygens (including phenoxy) is 1. The predicted octanol–water partition coefficient (Wildman–Crippen LogP) is 0.644. The van der Waals surface area contributed by atoms with Crippen LogP contribution in [0.3, 0.4) is 0 Å². The van der Waals surface area contributed by atoms with Crippen molar-refractivity contribution >= 4 is 5.97 Å². The number of carbonyl (C=O) groups excluding carboxylic acids is 1. The minimum absolute atomic E-state index is 0.160. The number of esters is 1. The lowest BCUT2D eigenvalue weighted by Gasteiger charge is -2.08. The van der Waals surface area contributed by atoms with Crippen LogP contribution in [0.2, 0.25) is 0 Å². The molecule has 1 atom stereocenters. The lowest BCUT2D eigenvalue weighted by molar-refractivity contribution is -0.141. The third kappa shape index (κ3) is 2.83. The van der Waals surface area contributed by atoms with Crippen molar-refractivity contribution in [3.63, 3.8) is 0 Å². The molecule has 0 aliphatic rings. The molecule has 0 saturated heterocycles. The van der Waals surface area contributed by atoms with Gasteiger partial charge in [0.25, 0.3) is 0 Å². The van der Waals surface area contributed by atoms with Gasteiger partial charge in [-0.25, -0.2) is 0 Å². The van der Waals surface area contributed by atoms with E-state index < -0.39 is 0 Å². The van der Waals surface area contributed by atoms with Gasteiger partial charge in [0.1, 0.15) is 0 Å². The summed E-state index contributed by atoms with van der Waals surface area (Å²) in [7, 11) is 1.34. The Balaban J connectivity index is 2.59. The zero-order chi connectivity index (χ0) is 9.68. The molecule has 0 saturated carbocycles. The lowest BCUT2D eigenvalue weighted by Crippen LogP contribution is -2.17. The highest BCUT2D eigenvalue weighted by molar-refractivity contribution is 5.70. The fourth-order valence-electron chi connectivity index (χ4n) is 0.963. The molecule has 0 radical (unpaired) electrons. The van der Waals surface area contributed by atoms with Crippen LogP contribution in [0.5, 0.6) is 0 Å². The first-order valence-corrected chi connectivity index (χ1v) is 3.97. The molecule has 0 aromatic carbocycles. The average molecular weight is 180 g/mol. The summed E-state index contributed by atoms with van der Waals surface area (Å²) in [5.41, 5.74) is 6.41. The summed E-state index contributed by atoms with van der Waals surface area (Å²) in [5.74, 6) is -0.321. The summed E-state index contributed by atoms with van der Waals surface area (Å²) in [4.78, 5) is 14.9. The van der Waals surface area contributed by atoms with Gasteiger partial charge in [-0.2, -0.15) is 0 Å². The minimum Gasteiger partial charge on any atom is -0.469 e. The van der Waals surface area contributed by atoms with Crippen LogP contribution in [0, 0.1) is 0 Å². The Bertz CT molecular complexity index is 274. The van der Waals surface area contributed by atoms with E-state index in [0.717, 1.165) is 0 Å². The van der Waals surface area contributed by atoms with Crippen molar-refractivity contribution in [2.45, 2.75) is 12.5 Å². The second kappa shape index (κ2) is 4.57. The van der Waals surface area contributed by atoms with E-state index in [-0.39, 0.29) is 18.4 Å². The topological polar surface area (TPSA) is 65.2 Å². The second-order valence-electron chi connectivity index (χ2n) is 2.64. The summed E-state index contributed by atoms with van der Waals surface area (Å²) >= 11 is 0. The molecule has 4 nitrogen and oxygen atoms in total. The van der Waals surface area contributed by atoms with E-state index in [9.17, 15) is 4.79 Å². The SMILES string of the molecule is COC(=O)C[C@@H](N)c1ccccn1. The van der Waals surface area contributed by atoms with E-state index in [0.29, 0.717) is 5.69 Å². The molecular weight excluding hydrogens is 168 g/mol. The van der Waals surface area contributed by atoms with Crippen molar-refractivity contribution in [1.82, 2.24) is 4.98 Å². The number of aromatic nitrogens is 1. The van der Waals surface area contributed by atoms with E-state index in [1.54, 1.807) is 18.3 Å². The normalized spacial score (nSPS) is 12.2. The average Bonchev–Trinajstić information content (AvgIpc) is 2.19. The Kier molecular flexibility index (Phi) is 3.40. The maximum absolute atomic E-state index is 10.9. The van der Waals surface area contributed by atoms with Gasteiger partial charge in [0.15, 0.2) is 0 Å². The van der Waals surface area contributed by atoms with Crippen LogP contribution in [-0.2, 0) is 9.53 Å². The van der Waals surface area contributed by atoms with Crippen molar-refractivity contribution in [3.05, 3.63) is 30.1 Å². The van der Waals surface area contributed by atoms with E-state index in [1.165, 1.54) is 7.11 Å². The molecule has 1 rings (SSSR count). The highest BCUT2D eigenvalue weighted by Gasteiger charge is 2.11. The van der Waals surface area contributed by atoms with Crippen LogP contribution in [0.1, 0.15) is 18.2 Å². The van der Waals surface area contributed by atoms with Gasteiger partial charge in [-0.3, -0.25) is 9.78 Å². The van der Waals surface area contributed by atoms with Crippen LogP contribution in [0.15, 0.2) is 24.4 Å². The molecule has 0 aliphatic heterocycles. The van der Waals surface area contributed by atoms with Crippen LogP contribution in [0.4, 0.5) is 0 Å². The van der Waals surface area contributed by atoms with Gasteiger partial charge in [0, 0.05) is 6.20 Å². The second-order valence-corrected chi connectivity index (χ2v) is 2.64. The molecule has 1 aromatic rings. The van der Waals surface area contributed by atoms with Gasteiger partial charge in [-0.1, -0.05) is 6.07 Å². The van der Waals surface area contributed by atoms with Gasteiger partial charge in [0.2, 0.25) is 0 Å². The number of nitrogens with zero attached hydrogens (tertiary/aromatic N) is 1. The molecule has 1 heterocycles. The molecule has 13 heavy (non-hydrogen) atoms. The monoisotopic (exact) mass is 180 g/mol. The summed E-state index contributed by atoms with van der Waals surface area (Å²) in [5, 5.41) is 0. The van der Waals surface area contributed by atoms with Crippen LogP contribution in [0.25, 0.3) is 0 Å². The number of rotatable bonds is 3. The first-order valence-electron chi connectivity index (χ1n) is 3.97. The standard InChI is InChI=1S/C9H12N2O2/c1-13-9(12)6-7(10)8-4-2-3-5-11-8/h2-5,7H,6,10H2,1H3/t7-/m1/s1. The fourth-order valence-corrected chi connectivity index (χ4v) is 0.963.